The fraction of sp³-hybridized carbons (Fsp3) is 0.342. The molecule has 0 aliphatic heterocycles. The molecule has 4 aromatic carbocycles. The van der Waals surface area contributed by atoms with Crippen molar-refractivity contribution in [2.24, 2.45) is 0 Å². The summed E-state index contributed by atoms with van der Waals surface area (Å²) < 4.78 is 6.13. The van der Waals surface area contributed by atoms with Gasteiger partial charge in [-0.1, -0.05) is 77.8 Å². The quantitative estimate of drug-likeness (QED) is 0.119. The number of benzene rings is 4. The molecule has 1 unspecified atom stereocenters. The van der Waals surface area contributed by atoms with Gasteiger partial charge in [-0.2, -0.15) is 0 Å². The van der Waals surface area contributed by atoms with E-state index in [4.69, 9.17) is 27.9 Å². The molecule has 1 amide bonds. The Kier molecular flexibility index (Phi) is 12.8. The van der Waals surface area contributed by atoms with Crippen molar-refractivity contribution in [1.82, 2.24) is 10.2 Å². The summed E-state index contributed by atoms with van der Waals surface area (Å²) in [5.41, 5.74) is 4.58. The third kappa shape index (κ3) is 9.41. The van der Waals surface area contributed by atoms with E-state index in [-0.39, 0.29) is 33.2 Å². The Labute approximate surface area is 282 Å². The molecule has 3 N–H and O–H groups in total. The van der Waals surface area contributed by atoms with Gasteiger partial charge in [-0.15, -0.1) is 0 Å². The summed E-state index contributed by atoms with van der Waals surface area (Å²) in [5.74, 6) is 0.574. The number of ether oxygens (including phenoxy) is 1. The van der Waals surface area contributed by atoms with Crippen LogP contribution in [0, 0.1) is 0 Å². The summed E-state index contributed by atoms with van der Waals surface area (Å²) in [6, 6.07) is 27.7. The van der Waals surface area contributed by atoms with Gasteiger partial charge in [0.15, 0.2) is 5.75 Å². The highest BCUT2D eigenvalue weighted by molar-refractivity contribution is 6.37. The highest BCUT2D eigenvalue weighted by Crippen LogP contribution is 2.37. The first-order chi connectivity index (χ1) is 22.0. The molecule has 244 valence electrons. The van der Waals surface area contributed by atoms with E-state index in [1.54, 1.807) is 6.07 Å². The molecule has 0 fully saturated rings. The summed E-state index contributed by atoms with van der Waals surface area (Å²) in [4.78, 5) is 15.0. The first-order valence-corrected chi connectivity index (χ1v) is 16.6. The van der Waals surface area contributed by atoms with Crippen molar-refractivity contribution in [1.29, 1.82) is 0 Å². The van der Waals surface area contributed by atoms with E-state index in [1.165, 1.54) is 17.7 Å². The van der Waals surface area contributed by atoms with E-state index >= 15 is 0 Å². The number of amides is 1. The lowest BCUT2D eigenvalue weighted by atomic mass is 9.84. The van der Waals surface area contributed by atoms with Crippen LogP contribution in [0.1, 0.15) is 72.6 Å². The second-order valence-corrected chi connectivity index (χ2v) is 12.9. The van der Waals surface area contributed by atoms with Gasteiger partial charge in [-0.05, 0) is 94.1 Å². The van der Waals surface area contributed by atoms with Gasteiger partial charge in [-0.3, -0.25) is 9.69 Å². The number of hydrogen-bond donors (Lipinski definition) is 3. The van der Waals surface area contributed by atoms with Crippen LogP contribution in [0.2, 0.25) is 10.0 Å². The molecule has 1 atom stereocenters. The smallest absolute Gasteiger partial charge is 0.251 e. The van der Waals surface area contributed by atoms with Crippen molar-refractivity contribution >= 4 is 29.1 Å². The number of nitrogens with one attached hydrogen (secondary N) is 1. The normalized spacial score (nSPS) is 12.1. The zero-order valence-corrected chi connectivity index (χ0v) is 28.5. The second kappa shape index (κ2) is 16.7. The number of nitrogens with zero attached hydrogens (tertiary/aromatic N) is 1. The molecule has 0 spiro atoms. The standard InChI is InChI=1S/C38H44Cl2N2O4/c1-25(2)42(26(3)4)21-18-32(28-9-6-5-7-10-28)36-29(11-8-12-35(36)43)19-22-46-31-15-13-27(14-16-31)17-20-41-38(45)30-23-33(39)37(44)34(40)24-30/h5-16,23-26,32,43-44H,17-22H2,1-4H3,(H,41,45). The zero-order valence-electron chi connectivity index (χ0n) is 27.0. The Hall–Kier alpha value is -3.71. The number of phenolic OH excluding ortho intramolecular Hbond substituents is 2. The van der Waals surface area contributed by atoms with Gasteiger partial charge in [0.05, 0.1) is 16.7 Å². The maximum absolute atomic E-state index is 12.5. The molecule has 0 radical (unpaired) electrons. The largest absolute Gasteiger partial charge is 0.508 e. The monoisotopic (exact) mass is 662 g/mol. The number of rotatable bonds is 15. The highest BCUT2D eigenvalue weighted by Gasteiger charge is 2.24. The molecule has 46 heavy (non-hydrogen) atoms. The molecule has 8 heteroatoms. The highest BCUT2D eigenvalue weighted by atomic mass is 35.5. The molecule has 0 heterocycles. The number of halogens is 2. The molecule has 6 nitrogen and oxygen atoms in total. The maximum Gasteiger partial charge on any atom is 0.251 e. The first-order valence-electron chi connectivity index (χ1n) is 15.8. The van der Waals surface area contributed by atoms with Crippen LogP contribution in [-0.4, -0.2) is 52.8 Å². The fourth-order valence-electron chi connectivity index (χ4n) is 5.92. The van der Waals surface area contributed by atoms with Crippen molar-refractivity contribution in [3.05, 3.63) is 123 Å². The van der Waals surface area contributed by atoms with Crippen LogP contribution in [0.25, 0.3) is 0 Å². The van der Waals surface area contributed by atoms with Gasteiger partial charge in [0, 0.05) is 42.1 Å². The van der Waals surface area contributed by atoms with Crippen molar-refractivity contribution in [2.45, 2.75) is 65.0 Å². The summed E-state index contributed by atoms with van der Waals surface area (Å²) in [6.07, 6.45) is 2.18. The molecule has 4 rings (SSSR count). The molecule has 0 aliphatic carbocycles. The lowest BCUT2D eigenvalue weighted by Gasteiger charge is -2.32. The van der Waals surface area contributed by atoms with Crippen LogP contribution in [0.3, 0.4) is 0 Å². The van der Waals surface area contributed by atoms with Gasteiger partial charge >= 0.3 is 0 Å². The minimum Gasteiger partial charge on any atom is -0.508 e. The van der Waals surface area contributed by atoms with Crippen molar-refractivity contribution < 1.29 is 19.7 Å². The van der Waals surface area contributed by atoms with Crippen molar-refractivity contribution in [2.75, 3.05) is 19.7 Å². The van der Waals surface area contributed by atoms with E-state index in [0.717, 1.165) is 35.4 Å². The van der Waals surface area contributed by atoms with E-state index in [0.29, 0.717) is 43.8 Å². The molecule has 0 saturated heterocycles. The number of phenols is 2. The van der Waals surface area contributed by atoms with Crippen LogP contribution in [-0.2, 0) is 12.8 Å². The average molecular weight is 664 g/mol. The summed E-state index contributed by atoms with van der Waals surface area (Å²) in [5, 5.41) is 23.8. The molecule has 0 aromatic heterocycles. The van der Waals surface area contributed by atoms with Crippen LogP contribution in [0.4, 0.5) is 0 Å². The fourth-order valence-corrected chi connectivity index (χ4v) is 6.41. The van der Waals surface area contributed by atoms with Gasteiger partial charge in [-0.25, -0.2) is 0 Å². The Balaban J connectivity index is 1.37. The van der Waals surface area contributed by atoms with E-state index in [2.05, 4.69) is 68.2 Å². The number of aromatic hydroxyl groups is 2. The summed E-state index contributed by atoms with van der Waals surface area (Å²) in [7, 11) is 0. The predicted octanol–water partition coefficient (Wildman–Crippen LogP) is 8.64. The minimum atomic E-state index is -0.318. The molecular weight excluding hydrogens is 619 g/mol. The SMILES string of the molecule is CC(C)N(CCC(c1ccccc1)c1c(O)cccc1CCOc1ccc(CCNC(=O)c2cc(Cl)c(O)c(Cl)c2)cc1)C(C)C. The lowest BCUT2D eigenvalue weighted by Crippen LogP contribution is -2.38. The lowest BCUT2D eigenvalue weighted by molar-refractivity contribution is 0.0954. The molecular formula is C38H44Cl2N2O4. The van der Waals surface area contributed by atoms with Crippen molar-refractivity contribution in [3.8, 4) is 17.2 Å². The average Bonchev–Trinajstić information content (AvgIpc) is 3.03. The summed E-state index contributed by atoms with van der Waals surface area (Å²) >= 11 is 11.9. The predicted molar refractivity (Wildman–Crippen MR) is 188 cm³/mol. The molecule has 0 bridgehead atoms. The van der Waals surface area contributed by atoms with Crippen LogP contribution in [0.5, 0.6) is 17.2 Å². The van der Waals surface area contributed by atoms with E-state index in [1.807, 2.05) is 36.4 Å². The molecule has 0 saturated carbocycles. The van der Waals surface area contributed by atoms with Gasteiger partial charge in [0.2, 0.25) is 0 Å². The summed E-state index contributed by atoms with van der Waals surface area (Å²) in [6.45, 7) is 10.7. The third-order valence-electron chi connectivity index (χ3n) is 8.27. The zero-order chi connectivity index (χ0) is 33.2. The molecule has 4 aromatic rings. The minimum absolute atomic E-state index is 0.0316. The van der Waals surface area contributed by atoms with E-state index < -0.39 is 0 Å². The maximum atomic E-state index is 12.5. The van der Waals surface area contributed by atoms with Crippen molar-refractivity contribution in [3.63, 3.8) is 0 Å². The Morgan fingerprint density at radius 3 is 2.13 bits per heavy atom. The molecule has 0 aliphatic rings. The Morgan fingerprint density at radius 1 is 0.848 bits per heavy atom. The van der Waals surface area contributed by atoms with Gasteiger partial charge < -0.3 is 20.3 Å². The van der Waals surface area contributed by atoms with E-state index in [9.17, 15) is 15.0 Å². The third-order valence-corrected chi connectivity index (χ3v) is 8.84. The van der Waals surface area contributed by atoms with Crippen LogP contribution in [0.15, 0.2) is 84.9 Å². The topological polar surface area (TPSA) is 82.0 Å². The second-order valence-electron chi connectivity index (χ2n) is 12.1. The van der Waals surface area contributed by atoms with Gasteiger partial charge in [0.25, 0.3) is 5.91 Å². The Morgan fingerprint density at radius 2 is 1.50 bits per heavy atom. The van der Waals surface area contributed by atoms with Crippen LogP contribution >= 0.6 is 23.2 Å². The Bertz CT molecular complexity index is 1540. The number of hydrogen-bond acceptors (Lipinski definition) is 5. The van der Waals surface area contributed by atoms with Gasteiger partial charge in [0.1, 0.15) is 11.5 Å². The number of carbonyl (C=O) groups excluding carboxylic acids is 1. The first kappa shape index (κ1) is 35.1. The van der Waals surface area contributed by atoms with Crippen LogP contribution < -0.4 is 10.1 Å². The number of carbonyl (C=O) groups is 1.